The summed E-state index contributed by atoms with van der Waals surface area (Å²) >= 11 is 0. The first kappa shape index (κ1) is 19.1. The number of hydrogen-bond donors (Lipinski definition) is 1. The van der Waals surface area contributed by atoms with E-state index in [0.717, 1.165) is 13.1 Å². The number of rotatable bonds is 3. The van der Waals surface area contributed by atoms with Crippen molar-refractivity contribution in [2.75, 3.05) is 72.0 Å². The van der Waals surface area contributed by atoms with E-state index in [9.17, 15) is 0 Å². The molecular formula is C14H33ClN4. The van der Waals surface area contributed by atoms with E-state index >= 15 is 0 Å². The van der Waals surface area contributed by atoms with Crippen molar-refractivity contribution in [3.8, 4) is 0 Å². The van der Waals surface area contributed by atoms with Crippen molar-refractivity contribution in [2.24, 2.45) is 0 Å². The summed E-state index contributed by atoms with van der Waals surface area (Å²) < 4.78 is 0. The van der Waals surface area contributed by atoms with Gasteiger partial charge in [0.1, 0.15) is 0 Å². The molecule has 0 unspecified atom stereocenters. The zero-order chi connectivity index (χ0) is 13.2. The molecule has 0 aromatic carbocycles. The third-order valence-corrected chi connectivity index (χ3v) is 4.02. The van der Waals surface area contributed by atoms with Gasteiger partial charge in [0.05, 0.1) is 0 Å². The maximum atomic E-state index is 3.56. The fourth-order valence-electron chi connectivity index (χ4n) is 2.45. The lowest BCUT2D eigenvalue weighted by molar-refractivity contribution is 0.178. The van der Waals surface area contributed by atoms with Gasteiger partial charge in [-0.05, 0) is 19.6 Å². The summed E-state index contributed by atoms with van der Waals surface area (Å²) in [5, 5.41) is 3.56. The minimum Gasteiger partial charge on any atom is -0.314 e. The van der Waals surface area contributed by atoms with Crippen LogP contribution in [-0.2, 0) is 0 Å². The first-order chi connectivity index (χ1) is 8.80. The Labute approximate surface area is 125 Å². The van der Waals surface area contributed by atoms with Gasteiger partial charge in [0, 0.05) is 52.4 Å². The van der Waals surface area contributed by atoms with Crippen LogP contribution in [0.2, 0.25) is 0 Å². The SMILES string of the molecule is CCN1CCNCCN(CC)CCN(CC)CC1.Cl. The van der Waals surface area contributed by atoms with Crippen molar-refractivity contribution in [3.05, 3.63) is 0 Å². The lowest BCUT2D eigenvalue weighted by Gasteiger charge is -2.30. The molecule has 1 aliphatic rings. The second-order valence-corrected chi connectivity index (χ2v) is 5.05. The number of halogens is 1. The summed E-state index contributed by atoms with van der Waals surface area (Å²) in [6.45, 7) is 19.8. The van der Waals surface area contributed by atoms with Gasteiger partial charge >= 0.3 is 0 Å². The molecule has 1 aliphatic heterocycles. The average molecular weight is 293 g/mol. The van der Waals surface area contributed by atoms with Crippen LogP contribution >= 0.6 is 12.4 Å². The normalized spacial score (nSPS) is 22.3. The molecule has 19 heavy (non-hydrogen) atoms. The Morgan fingerprint density at radius 2 is 0.947 bits per heavy atom. The summed E-state index contributed by atoms with van der Waals surface area (Å²) in [5.74, 6) is 0. The Bertz CT molecular complexity index is 186. The van der Waals surface area contributed by atoms with Crippen LogP contribution in [0, 0.1) is 0 Å². The molecule has 0 radical (unpaired) electrons. The van der Waals surface area contributed by atoms with Crippen molar-refractivity contribution >= 4 is 12.4 Å². The van der Waals surface area contributed by atoms with Crippen LogP contribution in [0.1, 0.15) is 20.8 Å². The smallest absolute Gasteiger partial charge is 0.0110 e. The molecule has 0 amide bonds. The maximum absolute atomic E-state index is 3.56. The Balaban J connectivity index is 0.00000324. The Hall–Kier alpha value is 0.130. The third-order valence-electron chi connectivity index (χ3n) is 4.02. The molecule has 0 spiro atoms. The summed E-state index contributed by atoms with van der Waals surface area (Å²) in [4.78, 5) is 7.68. The fourth-order valence-corrected chi connectivity index (χ4v) is 2.45. The van der Waals surface area contributed by atoms with Crippen LogP contribution in [0.3, 0.4) is 0 Å². The molecule has 0 aliphatic carbocycles. The van der Waals surface area contributed by atoms with Gasteiger partial charge in [-0.3, -0.25) is 0 Å². The Morgan fingerprint density at radius 1 is 0.632 bits per heavy atom. The molecular weight excluding hydrogens is 260 g/mol. The first-order valence-electron chi connectivity index (χ1n) is 7.67. The van der Waals surface area contributed by atoms with Crippen LogP contribution in [-0.4, -0.2) is 86.7 Å². The third kappa shape index (κ3) is 8.10. The van der Waals surface area contributed by atoms with E-state index in [-0.39, 0.29) is 12.4 Å². The molecule has 5 heteroatoms. The topological polar surface area (TPSA) is 21.8 Å². The number of likely N-dealkylation sites (N-methyl/N-ethyl adjacent to an activating group) is 3. The molecule has 0 saturated carbocycles. The van der Waals surface area contributed by atoms with Gasteiger partial charge in [0.15, 0.2) is 0 Å². The van der Waals surface area contributed by atoms with E-state index in [0.29, 0.717) is 0 Å². The summed E-state index contributed by atoms with van der Waals surface area (Å²) in [6, 6.07) is 0. The standard InChI is InChI=1S/C14H32N4.ClH/c1-4-16-9-7-15-8-10-17(5-2)12-14-18(6-3)13-11-16;/h15H,4-14H2,1-3H3;1H. The summed E-state index contributed by atoms with van der Waals surface area (Å²) in [6.07, 6.45) is 0. The maximum Gasteiger partial charge on any atom is 0.0110 e. The lowest BCUT2D eigenvalue weighted by Crippen LogP contribution is -2.44. The molecule has 0 aromatic heterocycles. The minimum absolute atomic E-state index is 0. The highest BCUT2D eigenvalue weighted by atomic mass is 35.5. The Kier molecular flexibility index (Phi) is 12.0. The zero-order valence-electron chi connectivity index (χ0n) is 13.0. The molecule has 0 atom stereocenters. The molecule has 1 rings (SSSR count). The van der Waals surface area contributed by atoms with E-state index in [2.05, 4.69) is 40.8 Å². The van der Waals surface area contributed by atoms with Gasteiger partial charge in [0.2, 0.25) is 0 Å². The lowest BCUT2D eigenvalue weighted by atomic mass is 10.3. The molecule has 1 saturated heterocycles. The largest absolute Gasteiger partial charge is 0.314 e. The van der Waals surface area contributed by atoms with Crippen molar-refractivity contribution in [3.63, 3.8) is 0 Å². The minimum atomic E-state index is 0. The molecule has 1 N–H and O–H groups in total. The quantitative estimate of drug-likeness (QED) is 0.837. The van der Waals surface area contributed by atoms with Crippen LogP contribution in [0.15, 0.2) is 0 Å². The monoisotopic (exact) mass is 292 g/mol. The van der Waals surface area contributed by atoms with Crippen molar-refractivity contribution in [1.29, 1.82) is 0 Å². The van der Waals surface area contributed by atoms with Gasteiger partial charge in [-0.15, -0.1) is 12.4 Å². The molecule has 1 heterocycles. The van der Waals surface area contributed by atoms with Gasteiger partial charge in [0.25, 0.3) is 0 Å². The van der Waals surface area contributed by atoms with Gasteiger partial charge < -0.3 is 20.0 Å². The van der Waals surface area contributed by atoms with Gasteiger partial charge in [-0.25, -0.2) is 0 Å². The number of hydrogen-bond acceptors (Lipinski definition) is 4. The van der Waals surface area contributed by atoms with Gasteiger partial charge in [-0.2, -0.15) is 0 Å². The molecule has 0 aromatic rings. The van der Waals surface area contributed by atoms with Crippen LogP contribution < -0.4 is 5.32 Å². The number of nitrogens with zero attached hydrogens (tertiary/aromatic N) is 3. The molecule has 4 nitrogen and oxygen atoms in total. The predicted molar refractivity (Wildman–Crippen MR) is 86.5 cm³/mol. The Morgan fingerprint density at radius 3 is 1.26 bits per heavy atom. The van der Waals surface area contributed by atoms with E-state index in [1.165, 1.54) is 58.9 Å². The second kappa shape index (κ2) is 11.9. The van der Waals surface area contributed by atoms with Crippen molar-refractivity contribution in [2.45, 2.75) is 20.8 Å². The van der Waals surface area contributed by atoms with Gasteiger partial charge in [-0.1, -0.05) is 20.8 Å². The second-order valence-electron chi connectivity index (χ2n) is 5.05. The van der Waals surface area contributed by atoms with E-state index in [1.807, 2.05) is 0 Å². The average Bonchev–Trinajstić information content (AvgIpc) is 2.40. The highest BCUT2D eigenvalue weighted by Gasteiger charge is 2.10. The van der Waals surface area contributed by atoms with Crippen LogP contribution in [0.4, 0.5) is 0 Å². The summed E-state index contributed by atoms with van der Waals surface area (Å²) in [5.41, 5.74) is 0. The zero-order valence-corrected chi connectivity index (χ0v) is 13.8. The fraction of sp³-hybridized carbons (Fsp3) is 1.00. The van der Waals surface area contributed by atoms with E-state index in [4.69, 9.17) is 0 Å². The highest BCUT2D eigenvalue weighted by molar-refractivity contribution is 5.85. The summed E-state index contributed by atoms with van der Waals surface area (Å²) in [7, 11) is 0. The van der Waals surface area contributed by atoms with E-state index < -0.39 is 0 Å². The van der Waals surface area contributed by atoms with Crippen molar-refractivity contribution in [1.82, 2.24) is 20.0 Å². The van der Waals surface area contributed by atoms with Crippen LogP contribution in [0.25, 0.3) is 0 Å². The molecule has 0 bridgehead atoms. The van der Waals surface area contributed by atoms with E-state index in [1.54, 1.807) is 0 Å². The highest BCUT2D eigenvalue weighted by Crippen LogP contribution is 1.96. The van der Waals surface area contributed by atoms with Crippen molar-refractivity contribution < 1.29 is 0 Å². The number of nitrogens with one attached hydrogen (secondary N) is 1. The first-order valence-corrected chi connectivity index (χ1v) is 7.67. The van der Waals surface area contributed by atoms with Crippen LogP contribution in [0.5, 0.6) is 0 Å². The predicted octanol–water partition coefficient (Wildman–Crippen LogP) is 0.977. The molecule has 116 valence electrons. The molecule has 1 fully saturated rings.